The highest BCUT2D eigenvalue weighted by Crippen LogP contribution is 2.64. The van der Waals surface area contributed by atoms with Gasteiger partial charge in [0.1, 0.15) is 5.76 Å². The fraction of sp³-hybridized carbons (Fsp3) is 0.562. The minimum atomic E-state index is -0.474. The van der Waals surface area contributed by atoms with Gasteiger partial charge in [-0.2, -0.15) is 0 Å². The Balaban J connectivity index is 1.55. The molecular weight excluding hydrogens is 270 g/mol. The van der Waals surface area contributed by atoms with E-state index >= 15 is 0 Å². The van der Waals surface area contributed by atoms with Gasteiger partial charge in [0.05, 0.1) is 12.0 Å². The van der Waals surface area contributed by atoms with Crippen LogP contribution in [0.2, 0.25) is 0 Å². The second kappa shape index (κ2) is 4.29. The first-order valence-corrected chi connectivity index (χ1v) is 7.55. The third kappa shape index (κ3) is 2.20. The van der Waals surface area contributed by atoms with Gasteiger partial charge < -0.3 is 4.42 Å². The van der Waals surface area contributed by atoms with Gasteiger partial charge in [0.2, 0.25) is 5.91 Å². The first-order valence-electron chi connectivity index (χ1n) is 7.55. The summed E-state index contributed by atoms with van der Waals surface area (Å²) in [5.74, 6) is 0.0805. The lowest BCUT2D eigenvalue weighted by Crippen LogP contribution is -2.38. The van der Waals surface area contributed by atoms with Crippen LogP contribution in [0.3, 0.4) is 0 Å². The highest BCUT2D eigenvalue weighted by Gasteiger charge is 2.52. The van der Waals surface area contributed by atoms with Gasteiger partial charge in [0.25, 0.3) is 5.91 Å². The zero-order chi connectivity index (χ0) is 14.6. The predicted molar refractivity (Wildman–Crippen MR) is 73.9 cm³/mol. The summed E-state index contributed by atoms with van der Waals surface area (Å²) in [6, 6.07) is 1.40. The maximum atomic E-state index is 12.0. The van der Waals surface area contributed by atoms with E-state index < -0.39 is 17.4 Å². The number of amides is 2. The van der Waals surface area contributed by atoms with Crippen LogP contribution in [0.1, 0.15) is 53.8 Å². The molecule has 2 amide bonds. The minimum absolute atomic E-state index is 0.0311. The molecule has 5 heteroatoms. The van der Waals surface area contributed by atoms with Crippen LogP contribution in [0.25, 0.3) is 0 Å². The van der Waals surface area contributed by atoms with Crippen LogP contribution >= 0.6 is 0 Å². The van der Waals surface area contributed by atoms with Crippen molar-refractivity contribution in [3.05, 3.63) is 33.4 Å². The molecule has 1 N–H and O–H groups in total. The van der Waals surface area contributed by atoms with Crippen molar-refractivity contribution >= 4 is 11.8 Å². The molecule has 2 saturated carbocycles. The van der Waals surface area contributed by atoms with Crippen LogP contribution in [0.4, 0.5) is 0 Å². The SMILES string of the molecule is O=C1Cc2oc(=O)cc(CCC3CC4(CC4)C3)c2C(=O)N1. The average Bonchev–Trinajstić information content (AvgIpc) is 3.13. The molecule has 2 heterocycles. The van der Waals surface area contributed by atoms with E-state index in [1.54, 1.807) is 0 Å². The summed E-state index contributed by atoms with van der Waals surface area (Å²) in [7, 11) is 0. The van der Waals surface area contributed by atoms with Gasteiger partial charge in [-0.25, -0.2) is 4.79 Å². The van der Waals surface area contributed by atoms with E-state index in [9.17, 15) is 14.4 Å². The van der Waals surface area contributed by atoms with Gasteiger partial charge in [-0.3, -0.25) is 14.9 Å². The molecule has 3 aliphatic rings. The lowest BCUT2D eigenvalue weighted by molar-refractivity contribution is -0.120. The van der Waals surface area contributed by atoms with Crippen molar-refractivity contribution < 1.29 is 14.0 Å². The smallest absolute Gasteiger partial charge is 0.336 e. The first kappa shape index (κ1) is 12.8. The Morgan fingerprint density at radius 1 is 1.24 bits per heavy atom. The van der Waals surface area contributed by atoms with Crippen LogP contribution in [0.5, 0.6) is 0 Å². The molecule has 4 rings (SSSR count). The normalized spacial score (nSPS) is 22.7. The number of nitrogens with one attached hydrogen (secondary N) is 1. The van der Waals surface area contributed by atoms with E-state index in [0.29, 0.717) is 23.3 Å². The van der Waals surface area contributed by atoms with Crippen LogP contribution < -0.4 is 10.9 Å². The van der Waals surface area contributed by atoms with Crippen LogP contribution in [-0.4, -0.2) is 11.8 Å². The Morgan fingerprint density at radius 2 is 2.00 bits per heavy atom. The second-order valence-electron chi connectivity index (χ2n) is 6.76. The van der Waals surface area contributed by atoms with Crippen molar-refractivity contribution in [1.82, 2.24) is 5.32 Å². The number of aryl methyl sites for hydroxylation is 1. The fourth-order valence-electron chi connectivity index (χ4n) is 3.88. The Bertz CT molecular complexity index is 691. The van der Waals surface area contributed by atoms with E-state index in [1.165, 1.54) is 31.7 Å². The van der Waals surface area contributed by atoms with E-state index in [4.69, 9.17) is 4.42 Å². The summed E-state index contributed by atoms with van der Waals surface area (Å²) in [6.45, 7) is 0. The molecule has 0 aromatic carbocycles. The molecule has 1 aromatic heterocycles. The molecule has 1 aliphatic heterocycles. The van der Waals surface area contributed by atoms with Crippen molar-refractivity contribution in [1.29, 1.82) is 0 Å². The highest BCUT2D eigenvalue weighted by molar-refractivity contribution is 6.09. The summed E-state index contributed by atoms with van der Waals surface area (Å²) in [6.07, 6.45) is 7.01. The zero-order valence-corrected chi connectivity index (χ0v) is 11.7. The highest BCUT2D eigenvalue weighted by atomic mass is 16.4. The van der Waals surface area contributed by atoms with Gasteiger partial charge >= 0.3 is 5.63 Å². The van der Waals surface area contributed by atoms with E-state index in [-0.39, 0.29) is 12.2 Å². The van der Waals surface area contributed by atoms with Gasteiger partial charge in [0, 0.05) is 6.07 Å². The maximum absolute atomic E-state index is 12.0. The third-order valence-corrected chi connectivity index (χ3v) is 5.14. The van der Waals surface area contributed by atoms with Crippen molar-refractivity contribution in [3.8, 4) is 0 Å². The number of carbonyl (C=O) groups is 2. The Hall–Kier alpha value is -1.91. The van der Waals surface area contributed by atoms with Crippen molar-refractivity contribution in [3.63, 3.8) is 0 Å². The molecule has 5 nitrogen and oxygen atoms in total. The van der Waals surface area contributed by atoms with Crippen molar-refractivity contribution in [2.75, 3.05) is 0 Å². The topological polar surface area (TPSA) is 76.4 Å². The number of fused-ring (bicyclic) bond motifs is 1. The molecule has 2 aliphatic carbocycles. The number of rotatable bonds is 3. The molecule has 1 spiro atoms. The number of carbonyl (C=O) groups excluding carboxylic acids is 2. The fourth-order valence-corrected chi connectivity index (χ4v) is 3.88. The predicted octanol–water partition coefficient (Wildman–Crippen LogP) is 1.58. The largest absolute Gasteiger partial charge is 0.426 e. The van der Waals surface area contributed by atoms with E-state index in [0.717, 1.165) is 12.0 Å². The molecule has 0 bridgehead atoms. The minimum Gasteiger partial charge on any atom is -0.426 e. The number of hydrogen-bond donors (Lipinski definition) is 1. The van der Waals surface area contributed by atoms with Crippen LogP contribution in [0.15, 0.2) is 15.3 Å². The molecule has 1 aromatic rings. The average molecular weight is 287 g/mol. The second-order valence-corrected chi connectivity index (χ2v) is 6.76. The molecule has 0 radical (unpaired) electrons. The molecule has 2 fully saturated rings. The number of hydrogen-bond acceptors (Lipinski definition) is 4. The monoisotopic (exact) mass is 287 g/mol. The molecule has 0 saturated heterocycles. The molecule has 21 heavy (non-hydrogen) atoms. The summed E-state index contributed by atoms with van der Waals surface area (Å²) in [5.41, 5.74) is 1.32. The first-order chi connectivity index (χ1) is 10.0. The van der Waals surface area contributed by atoms with Crippen molar-refractivity contribution in [2.24, 2.45) is 11.3 Å². The summed E-state index contributed by atoms with van der Waals surface area (Å²) < 4.78 is 5.03. The van der Waals surface area contributed by atoms with Crippen LogP contribution in [-0.2, 0) is 17.6 Å². The Morgan fingerprint density at radius 3 is 2.71 bits per heavy atom. The standard InChI is InChI=1S/C16H17NO4/c18-12-6-11-14(15(20)17-12)10(5-13(19)21-11)2-1-9-7-16(8-9)3-4-16/h5,9H,1-4,6-8H2,(H,17,18,20). The summed E-state index contributed by atoms with van der Waals surface area (Å²) in [5, 5.41) is 2.29. The van der Waals surface area contributed by atoms with Crippen LogP contribution in [0, 0.1) is 11.3 Å². The third-order valence-electron chi connectivity index (χ3n) is 5.14. The molecular formula is C16H17NO4. The van der Waals surface area contributed by atoms with Gasteiger partial charge in [-0.05, 0) is 55.4 Å². The van der Waals surface area contributed by atoms with Gasteiger partial charge in [-0.1, -0.05) is 0 Å². The zero-order valence-electron chi connectivity index (χ0n) is 11.7. The maximum Gasteiger partial charge on any atom is 0.336 e. The molecule has 110 valence electrons. The van der Waals surface area contributed by atoms with Gasteiger partial charge in [0.15, 0.2) is 0 Å². The summed E-state index contributed by atoms with van der Waals surface area (Å²) in [4.78, 5) is 34.9. The molecule has 0 atom stereocenters. The van der Waals surface area contributed by atoms with E-state index in [2.05, 4.69) is 5.32 Å². The summed E-state index contributed by atoms with van der Waals surface area (Å²) >= 11 is 0. The van der Waals surface area contributed by atoms with Crippen molar-refractivity contribution in [2.45, 2.75) is 44.9 Å². The Labute approximate surface area is 121 Å². The number of imide groups is 1. The molecule has 0 unspecified atom stereocenters. The quantitative estimate of drug-likeness (QED) is 0.856. The van der Waals surface area contributed by atoms with Gasteiger partial charge in [-0.15, -0.1) is 0 Å². The van der Waals surface area contributed by atoms with E-state index in [1.807, 2.05) is 0 Å². The Kier molecular flexibility index (Phi) is 2.62. The lowest BCUT2D eigenvalue weighted by Gasteiger charge is -2.36. The lowest BCUT2D eigenvalue weighted by atomic mass is 9.69.